The molecule has 0 saturated carbocycles. The number of nitrogens with zero attached hydrogens (tertiary/aromatic N) is 3. The Morgan fingerprint density at radius 2 is 1.97 bits per heavy atom. The number of thioether (sulfide) groups is 1. The van der Waals surface area contributed by atoms with Gasteiger partial charge in [-0.3, -0.25) is 4.79 Å². The molecule has 2 aromatic carbocycles. The van der Waals surface area contributed by atoms with Gasteiger partial charge in [-0.2, -0.15) is 0 Å². The van der Waals surface area contributed by atoms with Crippen molar-refractivity contribution in [3.8, 4) is 11.3 Å². The maximum Gasteiger partial charge on any atom is 0.219 e. The lowest BCUT2D eigenvalue weighted by molar-refractivity contribution is 0.0986. The normalized spacial score (nSPS) is 16.8. The summed E-state index contributed by atoms with van der Waals surface area (Å²) in [5.41, 5.74) is 3.51. The van der Waals surface area contributed by atoms with Gasteiger partial charge in [0, 0.05) is 23.4 Å². The van der Waals surface area contributed by atoms with Crippen LogP contribution >= 0.6 is 11.8 Å². The number of fused-ring (bicyclic) bond motifs is 1. The van der Waals surface area contributed by atoms with Crippen molar-refractivity contribution in [3.63, 3.8) is 0 Å². The highest BCUT2D eigenvalue weighted by Gasteiger charge is 2.25. The topological polar surface area (TPSA) is 55.3 Å². The molecule has 0 bridgehead atoms. The van der Waals surface area contributed by atoms with E-state index < -0.39 is 0 Å². The molecule has 0 spiro atoms. The average molecular weight is 440 g/mol. The molecule has 0 radical (unpaired) electrons. The van der Waals surface area contributed by atoms with E-state index in [2.05, 4.69) is 25.7 Å². The summed E-state index contributed by atoms with van der Waals surface area (Å²) in [6, 6.07) is 11.9. The standard InChI is InChI=1S/C24H26FN3O2S/c1-15(2)14-31-24(29)18-6-9-20-21(12-18)27-23(28-10-11-30-13-16(28)3)22(26-20)17-4-7-19(25)8-5-17/h4-9,12,15-16H,10-11,13-14H2,1-3H3/t16-/m0/s1. The van der Waals surface area contributed by atoms with Crippen LogP contribution in [0.4, 0.5) is 10.2 Å². The first-order chi connectivity index (χ1) is 14.9. The van der Waals surface area contributed by atoms with Gasteiger partial charge in [-0.05, 0) is 55.3 Å². The fourth-order valence-electron chi connectivity index (χ4n) is 3.54. The summed E-state index contributed by atoms with van der Waals surface area (Å²) in [4.78, 5) is 24.6. The molecule has 162 valence electrons. The molecule has 1 aliphatic rings. The smallest absolute Gasteiger partial charge is 0.219 e. The molecule has 1 fully saturated rings. The molecule has 0 unspecified atom stereocenters. The van der Waals surface area contributed by atoms with E-state index in [4.69, 9.17) is 14.7 Å². The molecule has 7 heteroatoms. The minimum Gasteiger partial charge on any atom is -0.377 e. The zero-order valence-corrected chi connectivity index (χ0v) is 18.8. The Kier molecular flexibility index (Phi) is 6.53. The van der Waals surface area contributed by atoms with Crippen LogP contribution in [-0.4, -0.2) is 46.6 Å². The van der Waals surface area contributed by atoms with Gasteiger partial charge >= 0.3 is 0 Å². The van der Waals surface area contributed by atoms with Crippen LogP contribution in [0.5, 0.6) is 0 Å². The number of carbonyl (C=O) groups is 1. The first kappa shape index (κ1) is 21.7. The predicted molar refractivity (Wildman–Crippen MR) is 124 cm³/mol. The largest absolute Gasteiger partial charge is 0.377 e. The third kappa shape index (κ3) is 4.88. The number of ether oxygens (including phenoxy) is 1. The second-order valence-electron chi connectivity index (χ2n) is 8.22. The highest BCUT2D eigenvalue weighted by Crippen LogP contribution is 2.32. The van der Waals surface area contributed by atoms with Gasteiger partial charge in [-0.15, -0.1) is 0 Å². The Bertz CT molecular complexity index is 1090. The van der Waals surface area contributed by atoms with Crippen molar-refractivity contribution in [2.45, 2.75) is 26.8 Å². The van der Waals surface area contributed by atoms with Gasteiger partial charge < -0.3 is 9.64 Å². The van der Waals surface area contributed by atoms with E-state index >= 15 is 0 Å². The van der Waals surface area contributed by atoms with E-state index in [0.717, 1.165) is 17.1 Å². The van der Waals surface area contributed by atoms with Crippen LogP contribution in [-0.2, 0) is 4.74 Å². The number of halogens is 1. The highest BCUT2D eigenvalue weighted by molar-refractivity contribution is 8.14. The summed E-state index contributed by atoms with van der Waals surface area (Å²) in [6.45, 7) is 8.18. The number of anilines is 1. The molecule has 2 heterocycles. The summed E-state index contributed by atoms with van der Waals surface area (Å²) in [6.07, 6.45) is 0. The second-order valence-corrected chi connectivity index (χ2v) is 9.21. The summed E-state index contributed by atoms with van der Waals surface area (Å²) >= 11 is 1.33. The van der Waals surface area contributed by atoms with Gasteiger partial charge in [0.25, 0.3) is 0 Å². The molecule has 1 aliphatic heterocycles. The molecular formula is C24H26FN3O2S. The van der Waals surface area contributed by atoms with E-state index in [1.54, 1.807) is 18.2 Å². The van der Waals surface area contributed by atoms with E-state index in [1.165, 1.54) is 23.9 Å². The third-order valence-electron chi connectivity index (χ3n) is 5.19. The number of aromatic nitrogens is 2. The van der Waals surface area contributed by atoms with Crippen LogP contribution in [0.25, 0.3) is 22.3 Å². The van der Waals surface area contributed by atoms with Crippen LogP contribution < -0.4 is 4.90 Å². The van der Waals surface area contributed by atoms with Crippen LogP contribution in [0.15, 0.2) is 42.5 Å². The number of carbonyl (C=O) groups excluding carboxylic acids is 1. The van der Waals surface area contributed by atoms with Gasteiger partial charge in [0.1, 0.15) is 11.5 Å². The SMILES string of the molecule is CC(C)CSC(=O)c1ccc2nc(-c3ccc(F)cc3)c(N3CCOC[C@@H]3C)nc2c1. The van der Waals surface area contributed by atoms with Crippen molar-refractivity contribution in [2.24, 2.45) is 5.92 Å². The maximum atomic E-state index is 13.5. The van der Waals surface area contributed by atoms with Crippen molar-refractivity contribution >= 4 is 33.7 Å². The zero-order valence-electron chi connectivity index (χ0n) is 18.0. The lowest BCUT2D eigenvalue weighted by Crippen LogP contribution is -2.44. The minimum atomic E-state index is -0.291. The van der Waals surface area contributed by atoms with E-state index in [-0.39, 0.29) is 17.0 Å². The van der Waals surface area contributed by atoms with Crippen LogP contribution in [0.1, 0.15) is 31.1 Å². The number of morpholine rings is 1. The molecular weight excluding hydrogens is 413 g/mol. The Labute approximate surface area is 186 Å². The molecule has 3 aromatic rings. The van der Waals surface area contributed by atoms with Gasteiger partial charge in [-0.1, -0.05) is 25.6 Å². The first-order valence-electron chi connectivity index (χ1n) is 10.5. The van der Waals surface area contributed by atoms with Gasteiger partial charge in [0.2, 0.25) is 5.12 Å². The van der Waals surface area contributed by atoms with Gasteiger partial charge in [0.15, 0.2) is 5.82 Å². The average Bonchev–Trinajstić information content (AvgIpc) is 2.77. The minimum absolute atomic E-state index is 0.0429. The van der Waals surface area contributed by atoms with E-state index in [1.807, 2.05) is 12.1 Å². The van der Waals surface area contributed by atoms with Crippen molar-refractivity contribution in [3.05, 3.63) is 53.8 Å². The molecule has 5 nitrogen and oxygen atoms in total. The lowest BCUT2D eigenvalue weighted by Gasteiger charge is -2.35. The Morgan fingerprint density at radius 3 is 2.68 bits per heavy atom. The van der Waals surface area contributed by atoms with E-state index in [0.29, 0.717) is 48.0 Å². The van der Waals surface area contributed by atoms with Gasteiger partial charge in [0.05, 0.1) is 30.3 Å². The Morgan fingerprint density at radius 1 is 1.19 bits per heavy atom. The van der Waals surface area contributed by atoms with E-state index in [9.17, 15) is 9.18 Å². The zero-order chi connectivity index (χ0) is 22.0. The molecule has 31 heavy (non-hydrogen) atoms. The fraction of sp³-hybridized carbons (Fsp3) is 0.375. The number of rotatable bonds is 5. The lowest BCUT2D eigenvalue weighted by atomic mass is 10.1. The molecule has 0 amide bonds. The molecule has 4 rings (SSSR count). The van der Waals surface area contributed by atoms with Crippen molar-refractivity contribution in [1.82, 2.24) is 9.97 Å². The van der Waals surface area contributed by atoms with Crippen molar-refractivity contribution in [2.75, 3.05) is 30.4 Å². The van der Waals surface area contributed by atoms with Crippen LogP contribution in [0, 0.1) is 11.7 Å². The van der Waals surface area contributed by atoms with Crippen molar-refractivity contribution in [1.29, 1.82) is 0 Å². The molecule has 1 atom stereocenters. The number of hydrogen-bond donors (Lipinski definition) is 0. The first-order valence-corrected chi connectivity index (χ1v) is 11.5. The van der Waals surface area contributed by atoms with Gasteiger partial charge in [-0.25, -0.2) is 14.4 Å². The summed E-state index contributed by atoms with van der Waals surface area (Å²) < 4.78 is 19.1. The number of benzene rings is 2. The maximum absolute atomic E-state index is 13.5. The number of hydrogen-bond acceptors (Lipinski definition) is 6. The third-order valence-corrected chi connectivity index (χ3v) is 6.52. The summed E-state index contributed by atoms with van der Waals surface area (Å²) in [5.74, 6) is 1.67. The Balaban J connectivity index is 1.80. The quantitative estimate of drug-likeness (QED) is 0.545. The molecule has 0 N–H and O–H groups in total. The second kappa shape index (κ2) is 9.32. The molecule has 1 aromatic heterocycles. The monoisotopic (exact) mass is 439 g/mol. The van der Waals surface area contributed by atoms with Crippen molar-refractivity contribution < 1.29 is 13.9 Å². The fourth-order valence-corrected chi connectivity index (χ4v) is 4.32. The predicted octanol–water partition coefficient (Wildman–Crippen LogP) is 5.19. The van der Waals surface area contributed by atoms with Crippen LogP contribution in [0.3, 0.4) is 0 Å². The Hall–Kier alpha value is -2.51. The molecule has 0 aliphatic carbocycles. The highest BCUT2D eigenvalue weighted by atomic mass is 32.2. The summed E-state index contributed by atoms with van der Waals surface area (Å²) in [7, 11) is 0. The molecule has 1 saturated heterocycles. The summed E-state index contributed by atoms with van der Waals surface area (Å²) in [5, 5.41) is 0.0429. The van der Waals surface area contributed by atoms with Crippen LogP contribution in [0.2, 0.25) is 0 Å².